The Balaban J connectivity index is 2.38. The molecule has 0 amide bonds. The van der Waals surface area contributed by atoms with Crippen molar-refractivity contribution in [3.05, 3.63) is 35.4 Å². The van der Waals surface area contributed by atoms with E-state index in [4.69, 9.17) is 9.47 Å². The minimum absolute atomic E-state index is 0.123. The lowest BCUT2D eigenvalue weighted by atomic mass is 9.75. The molecule has 172 valence electrons. The summed E-state index contributed by atoms with van der Waals surface area (Å²) in [6.07, 6.45) is 8.10. The van der Waals surface area contributed by atoms with Gasteiger partial charge in [0.25, 0.3) is 0 Å². The van der Waals surface area contributed by atoms with E-state index in [1.165, 1.54) is 0 Å². The summed E-state index contributed by atoms with van der Waals surface area (Å²) in [4.78, 5) is 39.1. The maximum atomic E-state index is 13.4. The van der Waals surface area contributed by atoms with Crippen LogP contribution in [0.4, 0.5) is 0 Å². The van der Waals surface area contributed by atoms with Crippen LogP contribution < -0.4 is 0 Å². The van der Waals surface area contributed by atoms with Gasteiger partial charge < -0.3 is 9.47 Å². The molecule has 2 rings (SSSR count). The topological polar surface area (TPSA) is 69.7 Å². The van der Waals surface area contributed by atoms with Crippen molar-refractivity contribution in [3.8, 4) is 0 Å². The smallest absolute Gasteiger partial charge is 0.328 e. The molecule has 0 unspecified atom stereocenters. The second kappa shape index (κ2) is 12.6. The molecule has 1 aliphatic carbocycles. The Morgan fingerprint density at radius 2 is 1.32 bits per heavy atom. The molecule has 0 saturated heterocycles. The van der Waals surface area contributed by atoms with Gasteiger partial charge >= 0.3 is 11.9 Å². The fraction of sp³-hybridized carbons (Fsp3) is 0.654. The third kappa shape index (κ3) is 6.65. The van der Waals surface area contributed by atoms with Crippen LogP contribution in [-0.4, -0.2) is 30.9 Å². The third-order valence-corrected chi connectivity index (χ3v) is 5.92. The van der Waals surface area contributed by atoms with Gasteiger partial charge in [0.2, 0.25) is 0 Å². The zero-order chi connectivity index (χ0) is 22.7. The molecule has 0 bridgehead atoms. The average Bonchev–Trinajstić information content (AvgIpc) is 3.62. The normalized spacial score (nSPS) is 13.6. The van der Waals surface area contributed by atoms with E-state index in [1.54, 1.807) is 24.3 Å². The minimum atomic E-state index is -1.49. The van der Waals surface area contributed by atoms with Gasteiger partial charge in [-0.05, 0) is 37.7 Å². The van der Waals surface area contributed by atoms with Gasteiger partial charge in [0, 0.05) is 11.5 Å². The number of carbonyl (C=O) groups excluding carboxylic acids is 3. The Labute approximate surface area is 186 Å². The number of ether oxygens (including phenoxy) is 2. The Morgan fingerprint density at radius 1 is 0.806 bits per heavy atom. The van der Waals surface area contributed by atoms with Gasteiger partial charge in [0.15, 0.2) is 11.2 Å². The summed E-state index contributed by atoms with van der Waals surface area (Å²) in [6.45, 7) is 6.70. The van der Waals surface area contributed by atoms with Gasteiger partial charge in [-0.1, -0.05) is 77.1 Å². The highest BCUT2D eigenvalue weighted by Gasteiger charge is 2.50. The number of esters is 2. The summed E-state index contributed by atoms with van der Waals surface area (Å²) in [6, 6.07) is 6.96. The van der Waals surface area contributed by atoms with Gasteiger partial charge in [0.05, 0.1) is 13.2 Å². The van der Waals surface area contributed by atoms with Crippen LogP contribution in [0.1, 0.15) is 101 Å². The lowest BCUT2D eigenvalue weighted by molar-refractivity contribution is -0.166. The highest BCUT2D eigenvalue weighted by molar-refractivity contribution is 6.06. The van der Waals surface area contributed by atoms with Crippen LogP contribution in [0.15, 0.2) is 24.3 Å². The molecular weight excluding hydrogens is 392 g/mol. The number of rotatable bonds is 15. The zero-order valence-electron chi connectivity index (χ0n) is 19.4. The molecule has 5 heteroatoms. The van der Waals surface area contributed by atoms with Crippen molar-refractivity contribution in [2.45, 2.75) is 90.4 Å². The van der Waals surface area contributed by atoms with E-state index in [1.807, 2.05) is 13.8 Å². The molecule has 0 heterocycles. The van der Waals surface area contributed by atoms with Crippen LogP contribution in [0.5, 0.6) is 0 Å². The Bertz CT molecular complexity index is 696. The fourth-order valence-corrected chi connectivity index (χ4v) is 3.67. The van der Waals surface area contributed by atoms with E-state index < -0.39 is 17.4 Å². The first-order valence-electron chi connectivity index (χ1n) is 12.0. The van der Waals surface area contributed by atoms with E-state index >= 15 is 0 Å². The summed E-state index contributed by atoms with van der Waals surface area (Å²) in [7, 11) is 0. The van der Waals surface area contributed by atoms with Crippen LogP contribution in [0.3, 0.4) is 0 Å². The molecule has 0 spiro atoms. The van der Waals surface area contributed by atoms with Gasteiger partial charge in [0.1, 0.15) is 0 Å². The summed E-state index contributed by atoms with van der Waals surface area (Å²) in [5, 5.41) is 0. The number of Topliss-reactive ketones (excluding diaryl/α,β-unsaturated/α-hetero) is 1. The van der Waals surface area contributed by atoms with Crippen molar-refractivity contribution in [1.29, 1.82) is 0 Å². The molecule has 1 fully saturated rings. The summed E-state index contributed by atoms with van der Waals surface area (Å²) < 4.78 is 11.2. The average molecular weight is 431 g/mol. The highest BCUT2D eigenvalue weighted by Crippen LogP contribution is 2.36. The van der Waals surface area contributed by atoms with Crippen molar-refractivity contribution in [2.24, 2.45) is 5.92 Å². The maximum Gasteiger partial charge on any atom is 0.328 e. The molecule has 5 nitrogen and oxygen atoms in total. The molecule has 0 aromatic heterocycles. The highest BCUT2D eigenvalue weighted by atomic mass is 16.6. The predicted octanol–water partition coefficient (Wildman–Crippen LogP) is 5.78. The second-order valence-electron chi connectivity index (χ2n) is 8.56. The Kier molecular flexibility index (Phi) is 10.2. The maximum absolute atomic E-state index is 13.4. The SMILES string of the molecule is CCCCCC(C(=O)OCCCC)(C(=O)OCCCC)c1ccc(C(=O)C2CC2)cc1. The van der Waals surface area contributed by atoms with Crippen molar-refractivity contribution >= 4 is 17.7 Å². The van der Waals surface area contributed by atoms with Crippen molar-refractivity contribution in [2.75, 3.05) is 13.2 Å². The number of benzene rings is 1. The van der Waals surface area contributed by atoms with E-state index in [-0.39, 0.29) is 24.9 Å². The number of hydrogen-bond acceptors (Lipinski definition) is 5. The summed E-state index contributed by atoms with van der Waals surface area (Å²) >= 11 is 0. The first-order chi connectivity index (χ1) is 15.0. The molecule has 0 radical (unpaired) electrons. The van der Waals surface area contributed by atoms with Crippen LogP contribution in [-0.2, 0) is 24.5 Å². The first-order valence-corrected chi connectivity index (χ1v) is 12.0. The molecule has 1 aromatic carbocycles. The Morgan fingerprint density at radius 3 is 1.77 bits per heavy atom. The van der Waals surface area contributed by atoms with Crippen molar-refractivity contribution in [1.82, 2.24) is 0 Å². The van der Waals surface area contributed by atoms with E-state index in [2.05, 4.69) is 6.92 Å². The van der Waals surface area contributed by atoms with E-state index in [0.29, 0.717) is 24.0 Å². The lowest BCUT2D eigenvalue weighted by Crippen LogP contribution is -2.46. The molecule has 0 atom stereocenters. The zero-order valence-corrected chi connectivity index (χ0v) is 19.4. The minimum Gasteiger partial charge on any atom is -0.465 e. The number of hydrogen-bond donors (Lipinski definition) is 0. The van der Waals surface area contributed by atoms with Crippen LogP contribution in [0.2, 0.25) is 0 Å². The molecule has 1 aromatic rings. The summed E-state index contributed by atoms with van der Waals surface area (Å²) in [5.74, 6) is -0.822. The fourth-order valence-electron chi connectivity index (χ4n) is 3.67. The molecular formula is C26H38O5. The number of ketones is 1. The molecule has 31 heavy (non-hydrogen) atoms. The van der Waals surface area contributed by atoms with Gasteiger partial charge in [-0.2, -0.15) is 0 Å². The quantitative estimate of drug-likeness (QED) is 0.153. The lowest BCUT2D eigenvalue weighted by Gasteiger charge is -2.30. The van der Waals surface area contributed by atoms with E-state index in [0.717, 1.165) is 51.4 Å². The molecule has 1 aliphatic rings. The van der Waals surface area contributed by atoms with Gasteiger partial charge in [-0.3, -0.25) is 14.4 Å². The number of unbranched alkanes of at least 4 members (excludes halogenated alkanes) is 4. The predicted molar refractivity (Wildman–Crippen MR) is 121 cm³/mol. The van der Waals surface area contributed by atoms with Gasteiger partial charge in [-0.25, -0.2) is 0 Å². The monoisotopic (exact) mass is 430 g/mol. The molecule has 0 N–H and O–H groups in total. The van der Waals surface area contributed by atoms with Crippen molar-refractivity contribution < 1.29 is 23.9 Å². The van der Waals surface area contributed by atoms with Gasteiger partial charge in [-0.15, -0.1) is 0 Å². The summed E-state index contributed by atoms with van der Waals surface area (Å²) in [5.41, 5.74) is -0.302. The van der Waals surface area contributed by atoms with Crippen molar-refractivity contribution in [3.63, 3.8) is 0 Å². The molecule has 0 aliphatic heterocycles. The number of carbonyl (C=O) groups is 3. The van der Waals surface area contributed by atoms with Crippen LogP contribution in [0, 0.1) is 5.92 Å². The standard InChI is InChI=1S/C26H38O5/c1-4-7-10-17-26(24(28)30-18-8-5-2,25(29)31-19-9-6-3)22-15-13-21(14-16-22)23(27)20-11-12-20/h13-16,20H,4-12,17-19H2,1-3H3. The Hall–Kier alpha value is -2.17. The largest absolute Gasteiger partial charge is 0.465 e. The molecule has 1 saturated carbocycles. The van der Waals surface area contributed by atoms with Crippen LogP contribution >= 0.6 is 0 Å². The van der Waals surface area contributed by atoms with Crippen LogP contribution in [0.25, 0.3) is 0 Å². The van der Waals surface area contributed by atoms with E-state index in [9.17, 15) is 14.4 Å². The first kappa shape index (κ1) is 25.1. The second-order valence-corrected chi connectivity index (χ2v) is 8.56. The third-order valence-electron chi connectivity index (χ3n) is 5.92.